The second-order valence-electron chi connectivity index (χ2n) is 3.24. The van der Waals surface area contributed by atoms with Gasteiger partial charge in [-0.15, -0.1) is 0 Å². The lowest BCUT2D eigenvalue weighted by Gasteiger charge is -2.07. The van der Waals surface area contributed by atoms with E-state index in [0.29, 0.717) is 0 Å². The molecule has 3 heteroatoms. The number of benzene rings is 1. The van der Waals surface area contributed by atoms with E-state index >= 15 is 0 Å². The molecule has 0 fully saturated rings. The summed E-state index contributed by atoms with van der Waals surface area (Å²) >= 11 is 0. The number of aryl methyl sites for hydroxylation is 1. The molecule has 0 aliphatic heterocycles. The fraction of sp³-hybridized carbons (Fsp3) is 0.182. The van der Waals surface area contributed by atoms with Crippen LogP contribution in [0.4, 0.5) is 0 Å². The highest BCUT2D eigenvalue weighted by atomic mass is 16.3. The van der Waals surface area contributed by atoms with E-state index in [2.05, 4.69) is 5.10 Å². The third-order valence-corrected chi connectivity index (χ3v) is 2.16. The van der Waals surface area contributed by atoms with Crippen LogP contribution in [0.2, 0.25) is 0 Å². The lowest BCUT2D eigenvalue weighted by Crippen LogP contribution is -2.00. The summed E-state index contributed by atoms with van der Waals surface area (Å²) in [6, 6.07) is 7.81. The molecule has 0 aliphatic rings. The van der Waals surface area contributed by atoms with Gasteiger partial charge < -0.3 is 5.11 Å². The SMILES string of the molecule is Cc1ccc(-n2cccn2)c(CO)c1. The van der Waals surface area contributed by atoms with Crippen LogP contribution in [0.25, 0.3) is 5.69 Å². The van der Waals surface area contributed by atoms with Gasteiger partial charge in [-0.25, -0.2) is 4.68 Å². The van der Waals surface area contributed by atoms with Gasteiger partial charge >= 0.3 is 0 Å². The van der Waals surface area contributed by atoms with Crippen LogP contribution in [0.5, 0.6) is 0 Å². The van der Waals surface area contributed by atoms with Crippen molar-refractivity contribution >= 4 is 0 Å². The van der Waals surface area contributed by atoms with Crippen molar-refractivity contribution in [2.24, 2.45) is 0 Å². The quantitative estimate of drug-likeness (QED) is 0.778. The summed E-state index contributed by atoms with van der Waals surface area (Å²) < 4.78 is 1.75. The number of nitrogens with zero attached hydrogens (tertiary/aromatic N) is 2. The first-order valence-corrected chi connectivity index (χ1v) is 4.51. The molecule has 0 saturated heterocycles. The maximum absolute atomic E-state index is 9.20. The predicted octanol–water partition coefficient (Wildman–Crippen LogP) is 1.67. The Bertz CT molecular complexity index is 421. The molecule has 2 rings (SSSR count). The topological polar surface area (TPSA) is 38.0 Å². The Hall–Kier alpha value is -1.61. The first-order chi connectivity index (χ1) is 6.81. The molecule has 0 radical (unpaired) electrons. The van der Waals surface area contributed by atoms with Gasteiger partial charge in [0.2, 0.25) is 0 Å². The van der Waals surface area contributed by atoms with Crippen LogP contribution in [0.3, 0.4) is 0 Å². The smallest absolute Gasteiger partial charge is 0.0703 e. The first-order valence-electron chi connectivity index (χ1n) is 4.51. The molecule has 2 aromatic rings. The van der Waals surface area contributed by atoms with Gasteiger partial charge in [0.1, 0.15) is 0 Å². The minimum absolute atomic E-state index is 0.0386. The zero-order valence-electron chi connectivity index (χ0n) is 8.01. The minimum atomic E-state index is 0.0386. The van der Waals surface area contributed by atoms with Gasteiger partial charge in [0.25, 0.3) is 0 Å². The largest absolute Gasteiger partial charge is 0.392 e. The summed E-state index contributed by atoms with van der Waals surface area (Å²) in [4.78, 5) is 0. The van der Waals surface area contributed by atoms with E-state index in [0.717, 1.165) is 16.8 Å². The number of aliphatic hydroxyl groups excluding tert-OH is 1. The third-order valence-electron chi connectivity index (χ3n) is 2.16. The monoisotopic (exact) mass is 188 g/mol. The molecule has 72 valence electrons. The lowest BCUT2D eigenvalue weighted by molar-refractivity contribution is 0.281. The fourth-order valence-electron chi connectivity index (χ4n) is 1.48. The molecule has 1 aromatic heterocycles. The van der Waals surface area contributed by atoms with E-state index in [1.165, 1.54) is 0 Å². The molecule has 0 bridgehead atoms. The van der Waals surface area contributed by atoms with E-state index in [-0.39, 0.29) is 6.61 Å². The van der Waals surface area contributed by atoms with Crippen LogP contribution < -0.4 is 0 Å². The van der Waals surface area contributed by atoms with Gasteiger partial charge in [-0.05, 0) is 19.1 Å². The average Bonchev–Trinajstić information content (AvgIpc) is 2.70. The first kappa shape index (κ1) is 8.97. The molecule has 1 N–H and O–H groups in total. The normalized spacial score (nSPS) is 10.4. The Morgan fingerprint density at radius 2 is 2.29 bits per heavy atom. The lowest BCUT2D eigenvalue weighted by atomic mass is 10.1. The van der Waals surface area contributed by atoms with Crippen molar-refractivity contribution in [1.82, 2.24) is 9.78 Å². The summed E-state index contributed by atoms with van der Waals surface area (Å²) in [6.07, 6.45) is 3.59. The number of rotatable bonds is 2. The molecule has 14 heavy (non-hydrogen) atoms. The second-order valence-corrected chi connectivity index (χ2v) is 3.24. The van der Waals surface area contributed by atoms with Crippen molar-refractivity contribution < 1.29 is 5.11 Å². The van der Waals surface area contributed by atoms with E-state index < -0.39 is 0 Å². The van der Waals surface area contributed by atoms with Gasteiger partial charge in [0.15, 0.2) is 0 Å². The Morgan fingerprint density at radius 3 is 2.93 bits per heavy atom. The highest BCUT2D eigenvalue weighted by Gasteiger charge is 2.03. The van der Waals surface area contributed by atoms with Gasteiger partial charge in [0.05, 0.1) is 12.3 Å². The maximum atomic E-state index is 9.20. The Labute approximate surface area is 82.6 Å². The Morgan fingerprint density at radius 1 is 1.43 bits per heavy atom. The number of aromatic nitrogens is 2. The van der Waals surface area contributed by atoms with E-state index in [1.54, 1.807) is 10.9 Å². The molecule has 1 heterocycles. The van der Waals surface area contributed by atoms with Crippen molar-refractivity contribution in [2.45, 2.75) is 13.5 Å². The van der Waals surface area contributed by atoms with Gasteiger partial charge in [-0.3, -0.25) is 0 Å². The van der Waals surface area contributed by atoms with Crippen molar-refractivity contribution in [2.75, 3.05) is 0 Å². The molecule has 0 atom stereocenters. The summed E-state index contributed by atoms with van der Waals surface area (Å²) in [5, 5.41) is 13.3. The van der Waals surface area contributed by atoms with E-state index in [9.17, 15) is 5.11 Å². The molecule has 3 nitrogen and oxygen atoms in total. The van der Waals surface area contributed by atoms with Crippen molar-refractivity contribution in [3.8, 4) is 5.69 Å². The Balaban J connectivity index is 2.53. The molecule has 0 unspecified atom stereocenters. The minimum Gasteiger partial charge on any atom is -0.392 e. The molecule has 0 spiro atoms. The van der Waals surface area contributed by atoms with E-state index in [4.69, 9.17) is 0 Å². The Kier molecular flexibility index (Phi) is 2.33. The summed E-state index contributed by atoms with van der Waals surface area (Å²) in [7, 11) is 0. The van der Waals surface area contributed by atoms with Crippen LogP contribution in [0.15, 0.2) is 36.7 Å². The van der Waals surface area contributed by atoms with Crippen LogP contribution in [-0.2, 0) is 6.61 Å². The maximum Gasteiger partial charge on any atom is 0.0703 e. The fourth-order valence-corrected chi connectivity index (χ4v) is 1.48. The van der Waals surface area contributed by atoms with Gasteiger partial charge in [-0.1, -0.05) is 17.7 Å². The molecule has 1 aromatic carbocycles. The third kappa shape index (κ3) is 1.54. The van der Waals surface area contributed by atoms with Crippen molar-refractivity contribution in [3.63, 3.8) is 0 Å². The number of aliphatic hydroxyl groups is 1. The van der Waals surface area contributed by atoms with Crippen LogP contribution in [0.1, 0.15) is 11.1 Å². The molecule has 0 saturated carbocycles. The zero-order chi connectivity index (χ0) is 9.97. The van der Waals surface area contributed by atoms with Crippen molar-refractivity contribution in [1.29, 1.82) is 0 Å². The standard InChI is InChI=1S/C11H12N2O/c1-9-3-4-11(10(7-9)8-14)13-6-2-5-12-13/h2-7,14H,8H2,1H3. The van der Waals surface area contributed by atoms with Crippen LogP contribution >= 0.6 is 0 Å². The highest BCUT2D eigenvalue weighted by molar-refractivity contribution is 5.42. The molecule has 0 aliphatic carbocycles. The van der Waals surface area contributed by atoms with Gasteiger partial charge in [-0.2, -0.15) is 5.10 Å². The van der Waals surface area contributed by atoms with Crippen molar-refractivity contribution in [3.05, 3.63) is 47.8 Å². The number of hydrogen-bond acceptors (Lipinski definition) is 2. The van der Waals surface area contributed by atoms with Gasteiger partial charge in [0, 0.05) is 18.0 Å². The zero-order valence-corrected chi connectivity index (χ0v) is 8.01. The summed E-state index contributed by atoms with van der Waals surface area (Å²) in [5.41, 5.74) is 2.97. The predicted molar refractivity (Wildman–Crippen MR) is 54.2 cm³/mol. The number of hydrogen-bond donors (Lipinski definition) is 1. The van der Waals surface area contributed by atoms with E-state index in [1.807, 2.05) is 37.4 Å². The molecule has 0 amide bonds. The van der Waals surface area contributed by atoms with Crippen LogP contribution in [0, 0.1) is 6.92 Å². The molecular weight excluding hydrogens is 176 g/mol. The van der Waals surface area contributed by atoms with Crippen LogP contribution in [-0.4, -0.2) is 14.9 Å². The molecular formula is C11H12N2O. The summed E-state index contributed by atoms with van der Waals surface area (Å²) in [6.45, 7) is 2.04. The highest BCUT2D eigenvalue weighted by Crippen LogP contribution is 2.15. The summed E-state index contributed by atoms with van der Waals surface area (Å²) in [5.74, 6) is 0. The average molecular weight is 188 g/mol. The second kappa shape index (κ2) is 3.64.